The van der Waals surface area contributed by atoms with E-state index < -0.39 is 0 Å². The highest BCUT2D eigenvalue weighted by Crippen LogP contribution is 2.20. The monoisotopic (exact) mass is 254 g/mol. The Morgan fingerprint density at radius 1 is 1.53 bits per heavy atom. The second-order valence-corrected chi connectivity index (χ2v) is 5.95. The number of carbonyl (C=O) groups is 1. The maximum atomic E-state index is 11.6. The molecule has 0 aliphatic heterocycles. The van der Waals surface area contributed by atoms with Gasteiger partial charge in [-0.1, -0.05) is 6.92 Å². The van der Waals surface area contributed by atoms with Crippen molar-refractivity contribution in [1.29, 1.82) is 0 Å². The lowest BCUT2D eigenvalue weighted by Crippen LogP contribution is -2.23. The molecule has 17 heavy (non-hydrogen) atoms. The van der Waals surface area contributed by atoms with Gasteiger partial charge in [-0.2, -0.15) is 0 Å². The zero-order valence-electron chi connectivity index (χ0n) is 10.9. The lowest BCUT2D eigenvalue weighted by atomic mass is 10.1. The van der Waals surface area contributed by atoms with Crippen LogP contribution in [0.25, 0.3) is 0 Å². The van der Waals surface area contributed by atoms with Crippen LogP contribution in [0.1, 0.15) is 35.1 Å². The van der Waals surface area contributed by atoms with E-state index in [1.165, 1.54) is 15.3 Å². The van der Waals surface area contributed by atoms with Crippen LogP contribution in [0.15, 0.2) is 6.07 Å². The van der Waals surface area contributed by atoms with Crippen LogP contribution in [0.3, 0.4) is 0 Å². The van der Waals surface area contributed by atoms with Gasteiger partial charge in [-0.25, -0.2) is 0 Å². The van der Waals surface area contributed by atoms with Gasteiger partial charge in [-0.15, -0.1) is 11.3 Å². The number of nitrogens with two attached hydrogens (primary N) is 1. The van der Waals surface area contributed by atoms with Crippen LogP contribution in [0.4, 0.5) is 0 Å². The number of hydrogen-bond donors (Lipinski definition) is 2. The summed E-state index contributed by atoms with van der Waals surface area (Å²) >= 11 is 1.75. The van der Waals surface area contributed by atoms with Crippen molar-refractivity contribution >= 4 is 17.2 Å². The molecule has 0 saturated heterocycles. The SMILES string of the molecule is Cc1cc(CNC(=O)CCC(C)CN)sc1C. The first-order valence-electron chi connectivity index (χ1n) is 6.05. The highest BCUT2D eigenvalue weighted by Gasteiger charge is 2.06. The Kier molecular flexibility index (Phi) is 5.65. The molecule has 4 heteroatoms. The zero-order chi connectivity index (χ0) is 12.8. The number of hydrogen-bond acceptors (Lipinski definition) is 3. The number of carbonyl (C=O) groups excluding carboxylic acids is 1. The Morgan fingerprint density at radius 3 is 2.76 bits per heavy atom. The molecule has 1 unspecified atom stereocenters. The van der Waals surface area contributed by atoms with Gasteiger partial charge in [0.15, 0.2) is 0 Å². The van der Waals surface area contributed by atoms with Gasteiger partial charge in [0.2, 0.25) is 5.91 Å². The fourth-order valence-electron chi connectivity index (χ4n) is 1.51. The smallest absolute Gasteiger partial charge is 0.220 e. The zero-order valence-corrected chi connectivity index (χ0v) is 11.7. The Bertz CT molecular complexity index is 354. The van der Waals surface area contributed by atoms with Crippen LogP contribution in [-0.4, -0.2) is 12.5 Å². The fourth-order valence-corrected chi connectivity index (χ4v) is 2.50. The van der Waals surface area contributed by atoms with Crippen LogP contribution in [-0.2, 0) is 11.3 Å². The van der Waals surface area contributed by atoms with Crippen molar-refractivity contribution in [3.63, 3.8) is 0 Å². The minimum atomic E-state index is 0.119. The van der Waals surface area contributed by atoms with Crippen molar-refractivity contribution in [3.05, 3.63) is 21.4 Å². The predicted octanol–water partition coefficient (Wildman–Crippen LogP) is 2.36. The average molecular weight is 254 g/mol. The summed E-state index contributed by atoms with van der Waals surface area (Å²) < 4.78 is 0. The van der Waals surface area contributed by atoms with Crippen LogP contribution in [0.2, 0.25) is 0 Å². The van der Waals surface area contributed by atoms with Crippen LogP contribution in [0, 0.1) is 19.8 Å². The molecule has 3 N–H and O–H groups in total. The van der Waals surface area contributed by atoms with E-state index in [0.29, 0.717) is 25.4 Å². The lowest BCUT2D eigenvalue weighted by Gasteiger charge is -2.07. The number of amides is 1. The Labute approximate surface area is 107 Å². The van der Waals surface area contributed by atoms with Crippen molar-refractivity contribution in [2.45, 2.75) is 40.2 Å². The van der Waals surface area contributed by atoms with Gasteiger partial charge in [0.1, 0.15) is 0 Å². The van der Waals surface area contributed by atoms with Gasteiger partial charge in [0.05, 0.1) is 6.54 Å². The lowest BCUT2D eigenvalue weighted by molar-refractivity contribution is -0.121. The maximum Gasteiger partial charge on any atom is 0.220 e. The van der Waals surface area contributed by atoms with E-state index in [-0.39, 0.29) is 5.91 Å². The number of thiophene rings is 1. The molecule has 96 valence electrons. The standard InChI is InChI=1S/C13H22N2OS/c1-9(7-14)4-5-13(16)15-8-12-6-10(2)11(3)17-12/h6,9H,4-5,7-8,14H2,1-3H3,(H,15,16). The van der Waals surface area contributed by atoms with Crippen molar-refractivity contribution in [2.75, 3.05) is 6.54 Å². The normalized spacial score (nSPS) is 12.5. The van der Waals surface area contributed by atoms with Gasteiger partial charge in [0.25, 0.3) is 0 Å². The third-order valence-corrected chi connectivity index (χ3v) is 4.10. The van der Waals surface area contributed by atoms with Gasteiger partial charge >= 0.3 is 0 Å². The van der Waals surface area contributed by atoms with E-state index in [4.69, 9.17) is 5.73 Å². The first-order chi connectivity index (χ1) is 8.02. The van der Waals surface area contributed by atoms with E-state index in [1.54, 1.807) is 11.3 Å². The summed E-state index contributed by atoms with van der Waals surface area (Å²) in [5.74, 6) is 0.543. The largest absolute Gasteiger partial charge is 0.351 e. The third kappa shape index (κ3) is 4.88. The van der Waals surface area contributed by atoms with E-state index >= 15 is 0 Å². The van der Waals surface area contributed by atoms with E-state index in [0.717, 1.165) is 6.42 Å². The van der Waals surface area contributed by atoms with Crippen molar-refractivity contribution in [2.24, 2.45) is 11.7 Å². The quantitative estimate of drug-likeness (QED) is 0.819. The molecule has 1 aromatic rings. The summed E-state index contributed by atoms with van der Waals surface area (Å²) in [6.07, 6.45) is 1.44. The molecule has 1 amide bonds. The molecule has 0 bridgehead atoms. The molecule has 0 fully saturated rings. The number of aryl methyl sites for hydroxylation is 2. The molecule has 0 saturated carbocycles. The molecule has 0 aliphatic carbocycles. The Hall–Kier alpha value is -0.870. The second kappa shape index (κ2) is 6.77. The summed E-state index contributed by atoms with van der Waals surface area (Å²) in [4.78, 5) is 14.1. The molecular weight excluding hydrogens is 232 g/mol. The first kappa shape index (κ1) is 14.2. The van der Waals surface area contributed by atoms with Crippen LogP contribution < -0.4 is 11.1 Å². The summed E-state index contributed by atoms with van der Waals surface area (Å²) in [6.45, 7) is 7.57. The van der Waals surface area contributed by atoms with Gasteiger partial charge in [-0.3, -0.25) is 4.79 Å². The van der Waals surface area contributed by atoms with Gasteiger partial charge in [0, 0.05) is 16.2 Å². The average Bonchev–Trinajstić information content (AvgIpc) is 2.63. The minimum absolute atomic E-state index is 0.119. The first-order valence-corrected chi connectivity index (χ1v) is 6.87. The summed E-state index contributed by atoms with van der Waals surface area (Å²) in [6, 6.07) is 2.14. The Balaban J connectivity index is 2.28. The second-order valence-electron chi connectivity index (χ2n) is 4.61. The molecule has 0 radical (unpaired) electrons. The molecule has 0 spiro atoms. The third-order valence-electron chi connectivity index (χ3n) is 2.94. The van der Waals surface area contributed by atoms with Crippen LogP contribution >= 0.6 is 11.3 Å². The highest BCUT2D eigenvalue weighted by molar-refractivity contribution is 7.12. The van der Waals surface area contributed by atoms with E-state index in [2.05, 4.69) is 32.2 Å². The predicted molar refractivity (Wildman–Crippen MR) is 73.1 cm³/mol. The summed E-state index contributed by atoms with van der Waals surface area (Å²) in [7, 11) is 0. The van der Waals surface area contributed by atoms with Crippen LogP contribution in [0.5, 0.6) is 0 Å². The molecule has 1 aromatic heterocycles. The molecule has 0 aromatic carbocycles. The maximum absolute atomic E-state index is 11.6. The highest BCUT2D eigenvalue weighted by atomic mass is 32.1. The van der Waals surface area contributed by atoms with Crippen molar-refractivity contribution in [1.82, 2.24) is 5.32 Å². The molecule has 3 nitrogen and oxygen atoms in total. The number of rotatable bonds is 6. The summed E-state index contributed by atoms with van der Waals surface area (Å²) in [5, 5.41) is 2.95. The minimum Gasteiger partial charge on any atom is -0.351 e. The topological polar surface area (TPSA) is 55.1 Å². The molecule has 1 heterocycles. The molecule has 1 rings (SSSR count). The van der Waals surface area contributed by atoms with Gasteiger partial charge < -0.3 is 11.1 Å². The fraction of sp³-hybridized carbons (Fsp3) is 0.615. The van der Waals surface area contributed by atoms with E-state index in [1.807, 2.05) is 0 Å². The molecular formula is C13H22N2OS. The van der Waals surface area contributed by atoms with Crippen molar-refractivity contribution in [3.8, 4) is 0 Å². The van der Waals surface area contributed by atoms with Crippen molar-refractivity contribution < 1.29 is 4.79 Å². The molecule has 1 atom stereocenters. The number of nitrogens with one attached hydrogen (secondary N) is 1. The van der Waals surface area contributed by atoms with E-state index in [9.17, 15) is 4.79 Å². The van der Waals surface area contributed by atoms with Gasteiger partial charge in [-0.05, 0) is 44.4 Å². The Morgan fingerprint density at radius 2 is 2.24 bits per heavy atom. The molecule has 0 aliphatic rings. The summed E-state index contributed by atoms with van der Waals surface area (Å²) in [5.41, 5.74) is 6.81.